The number of nitrogens with zero attached hydrogens (tertiary/aromatic N) is 2. The Balaban J connectivity index is 2.22. The van der Waals surface area contributed by atoms with Gasteiger partial charge in [-0.25, -0.2) is 4.98 Å². The lowest BCUT2D eigenvalue weighted by atomic mass is 10.2. The van der Waals surface area contributed by atoms with Crippen LogP contribution in [-0.4, -0.2) is 9.97 Å². The van der Waals surface area contributed by atoms with Gasteiger partial charge in [0.25, 0.3) is 0 Å². The van der Waals surface area contributed by atoms with Gasteiger partial charge in [0.05, 0.1) is 15.9 Å². The van der Waals surface area contributed by atoms with Gasteiger partial charge in [0.2, 0.25) is 0 Å². The third-order valence-corrected chi connectivity index (χ3v) is 3.63. The third-order valence-electron chi connectivity index (χ3n) is 2.58. The second-order valence-corrected chi connectivity index (χ2v) is 4.96. The average Bonchev–Trinajstić information content (AvgIpc) is 2.72. The maximum Gasteiger partial charge on any atom is 0.145 e. The monoisotopic (exact) mass is 241 g/mol. The van der Waals surface area contributed by atoms with Crippen molar-refractivity contribution in [2.75, 3.05) is 5.73 Å². The van der Waals surface area contributed by atoms with E-state index in [4.69, 9.17) is 5.73 Å². The van der Waals surface area contributed by atoms with E-state index >= 15 is 0 Å². The minimum atomic E-state index is 0.670. The molecule has 0 saturated carbocycles. The summed E-state index contributed by atoms with van der Waals surface area (Å²) in [5, 5.41) is 0.878. The lowest BCUT2D eigenvalue weighted by molar-refractivity contribution is 1.31. The maximum atomic E-state index is 5.91. The van der Waals surface area contributed by atoms with Gasteiger partial charge in [0, 0.05) is 6.20 Å². The molecule has 84 valence electrons. The number of anilines is 1. The normalized spacial score (nSPS) is 10.9. The number of hydrogen-bond acceptors (Lipinski definition) is 4. The number of aromatic nitrogens is 2. The number of pyridine rings is 1. The van der Waals surface area contributed by atoms with Crippen LogP contribution in [-0.2, 0) is 0 Å². The molecular weight excluding hydrogens is 230 g/mol. The molecule has 2 heterocycles. The van der Waals surface area contributed by atoms with Crippen LogP contribution in [0.4, 0.5) is 5.69 Å². The van der Waals surface area contributed by atoms with E-state index < -0.39 is 0 Å². The Hall–Kier alpha value is -1.94. The molecule has 0 bridgehead atoms. The first-order valence-corrected chi connectivity index (χ1v) is 6.14. The summed E-state index contributed by atoms with van der Waals surface area (Å²) in [6.07, 6.45) is 1.74. The third kappa shape index (κ3) is 1.76. The van der Waals surface area contributed by atoms with Crippen LogP contribution in [0.1, 0.15) is 5.56 Å². The summed E-state index contributed by atoms with van der Waals surface area (Å²) < 4.78 is 1.16. The molecule has 0 amide bonds. The lowest BCUT2D eigenvalue weighted by Gasteiger charge is -1.98. The fourth-order valence-electron chi connectivity index (χ4n) is 1.74. The van der Waals surface area contributed by atoms with Gasteiger partial charge >= 0.3 is 0 Å². The van der Waals surface area contributed by atoms with Crippen molar-refractivity contribution in [2.24, 2.45) is 0 Å². The Morgan fingerprint density at radius 3 is 2.94 bits per heavy atom. The highest BCUT2D eigenvalue weighted by molar-refractivity contribution is 7.21. The van der Waals surface area contributed by atoms with Crippen molar-refractivity contribution in [1.29, 1.82) is 0 Å². The molecule has 0 saturated heterocycles. The molecule has 2 aromatic heterocycles. The predicted octanol–water partition coefficient (Wildman–Crippen LogP) is 3.25. The molecule has 0 atom stereocenters. The van der Waals surface area contributed by atoms with Crippen LogP contribution in [0.15, 0.2) is 36.5 Å². The SMILES string of the molecule is Cc1ccc2sc(-c3ncccc3N)nc2c1. The largest absolute Gasteiger partial charge is 0.397 e. The van der Waals surface area contributed by atoms with Crippen LogP contribution in [0.3, 0.4) is 0 Å². The van der Waals surface area contributed by atoms with Gasteiger partial charge in [-0.1, -0.05) is 6.07 Å². The van der Waals surface area contributed by atoms with E-state index in [9.17, 15) is 0 Å². The smallest absolute Gasteiger partial charge is 0.145 e. The first-order valence-electron chi connectivity index (χ1n) is 5.32. The van der Waals surface area contributed by atoms with E-state index in [0.29, 0.717) is 5.69 Å². The predicted molar refractivity (Wildman–Crippen MR) is 72.0 cm³/mol. The minimum Gasteiger partial charge on any atom is -0.397 e. The molecule has 0 spiro atoms. The van der Waals surface area contributed by atoms with Crippen molar-refractivity contribution in [3.63, 3.8) is 0 Å². The summed E-state index contributed by atoms with van der Waals surface area (Å²) in [5.41, 5.74) is 9.57. The van der Waals surface area contributed by atoms with E-state index in [-0.39, 0.29) is 0 Å². The number of aryl methyl sites for hydroxylation is 1. The number of nitrogens with two attached hydrogens (primary N) is 1. The maximum absolute atomic E-state index is 5.91. The van der Waals surface area contributed by atoms with Crippen LogP contribution in [0.5, 0.6) is 0 Å². The van der Waals surface area contributed by atoms with Crippen LogP contribution in [0.2, 0.25) is 0 Å². The molecule has 3 rings (SSSR count). The van der Waals surface area contributed by atoms with Gasteiger partial charge < -0.3 is 5.73 Å². The fourth-order valence-corrected chi connectivity index (χ4v) is 2.70. The first kappa shape index (κ1) is 10.2. The highest BCUT2D eigenvalue weighted by Gasteiger charge is 2.09. The van der Waals surface area contributed by atoms with Crippen molar-refractivity contribution in [3.05, 3.63) is 42.1 Å². The van der Waals surface area contributed by atoms with Crippen LogP contribution >= 0.6 is 11.3 Å². The zero-order valence-electron chi connectivity index (χ0n) is 9.34. The van der Waals surface area contributed by atoms with Crippen molar-refractivity contribution >= 4 is 27.2 Å². The Bertz CT molecular complexity index is 688. The van der Waals surface area contributed by atoms with E-state index in [1.807, 2.05) is 12.1 Å². The van der Waals surface area contributed by atoms with Crippen LogP contribution in [0, 0.1) is 6.92 Å². The van der Waals surface area contributed by atoms with Gasteiger partial charge in [-0.15, -0.1) is 11.3 Å². The highest BCUT2D eigenvalue weighted by Crippen LogP contribution is 2.31. The van der Waals surface area contributed by atoms with Crippen LogP contribution < -0.4 is 5.73 Å². The molecule has 3 aromatic rings. The van der Waals surface area contributed by atoms with E-state index in [2.05, 4.69) is 35.1 Å². The van der Waals surface area contributed by atoms with Gasteiger partial charge in [-0.3, -0.25) is 4.98 Å². The van der Waals surface area contributed by atoms with E-state index in [0.717, 1.165) is 20.9 Å². The second-order valence-electron chi connectivity index (χ2n) is 3.93. The zero-order chi connectivity index (χ0) is 11.8. The Labute approximate surface area is 103 Å². The number of fused-ring (bicyclic) bond motifs is 1. The van der Waals surface area contributed by atoms with E-state index in [1.54, 1.807) is 17.5 Å². The molecule has 1 aromatic carbocycles. The summed E-state index contributed by atoms with van der Waals surface area (Å²) in [7, 11) is 0. The van der Waals surface area contributed by atoms with Gasteiger partial charge in [-0.2, -0.15) is 0 Å². The minimum absolute atomic E-state index is 0.670. The molecule has 0 aliphatic carbocycles. The molecule has 0 aliphatic rings. The molecule has 4 heteroatoms. The fraction of sp³-hybridized carbons (Fsp3) is 0.0769. The first-order chi connectivity index (χ1) is 8.24. The molecule has 0 fully saturated rings. The quantitative estimate of drug-likeness (QED) is 0.711. The molecule has 0 aliphatic heterocycles. The highest BCUT2D eigenvalue weighted by atomic mass is 32.1. The van der Waals surface area contributed by atoms with Gasteiger partial charge in [0.1, 0.15) is 10.7 Å². The number of rotatable bonds is 1. The summed E-state index contributed by atoms with van der Waals surface area (Å²) in [5.74, 6) is 0. The zero-order valence-corrected chi connectivity index (χ0v) is 10.2. The molecule has 2 N–H and O–H groups in total. The van der Waals surface area contributed by atoms with Crippen molar-refractivity contribution in [1.82, 2.24) is 9.97 Å². The van der Waals surface area contributed by atoms with E-state index in [1.165, 1.54) is 5.56 Å². The van der Waals surface area contributed by atoms with Gasteiger partial charge in [0.15, 0.2) is 0 Å². The summed E-state index contributed by atoms with van der Waals surface area (Å²) in [6, 6.07) is 9.93. The molecule has 0 unspecified atom stereocenters. The number of nitrogen functional groups attached to an aromatic ring is 1. The number of hydrogen-bond donors (Lipinski definition) is 1. The standard InChI is InChI=1S/C13H11N3S/c1-8-4-5-11-10(7-8)16-13(17-11)12-9(14)3-2-6-15-12/h2-7H,14H2,1H3. The molecule has 17 heavy (non-hydrogen) atoms. The Morgan fingerprint density at radius 1 is 1.24 bits per heavy atom. The summed E-state index contributed by atoms with van der Waals surface area (Å²) >= 11 is 1.62. The van der Waals surface area contributed by atoms with Crippen molar-refractivity contribution < 1.29 is 0 Å². The van der Waals surface area contributed by atoms with Crippen molar-refractivity contribution in [2.45, 2.75) is 6.92 Å². The Kier molecular flexibility index (Phi) is 2.30. The van der Waals surface area contributed by atoms with Crippen LogP contribution in [0.25, 0.3) is 20.9 Å². The Morgan fingerprint density at radius 2 is 2.12 bits per heavy atom. The van der Waals surface area contributed by atoms with Crippen molar-refractivity contribution in [3.8, 4) is 10.7 Å². The average molecular weight is 241 g/mol. The second kappa shape index (κ2) is 3.82. The summed E-state index contributed by atoms with van der Waals surface area (Å²) in [6.45, 7) is 2.06. The van der Waals surface area contributed by atoms with Gasteiger partial charge in [-0.05, 0) is 36.8 Å². The molecule has 3 nitrogen and oxygen atoms in total. The lowest BCUT2D eigenvalue weighted by Crippen LogP contribution is -1.91. The molecule has 0 radical (unpaired) electrons. The number of benzene rings is 1. The number of thiazole rings is 1. The topological polar surface area (TPSA) is 51.8 Å². The summed E-state index contributed by atoms with van der Waals surface area (Å²) in [4.78, 5) is 8.87. The molecular formula is C13H11N3S.